The molecule has 0 aliphatic heterocycles. The number of pyridine rings is 1. The second kappa shape index (κ2) is 6.91. The monoisotopic (exact) mass is 291 g/mol. The molecule has 5 nitrogen and oxygen atoms in total. The molecule has 2 heterocycles. The maximum Gasteiger partial charge on any atom is 0.315 e. The van der Waals surface area contributed by atoms with E-state index in [1.54, 1.807) is 24.6 Å². The summed E-state index contributed by atoms with van der Waals surface area (Å²) in [7, 11) is 1.56. The van der Waals surface area contributed by atoms with E-state index in [0.29, 0.717) is 12.4 Å². The zero-order valence-corrected chi connectivity index (χ0v) is 12.2. The Balaban J connectivity index is 1.86. The van der Waals surface area contributed by atoms with Crippen LogP contribution < -0.4 is 15.4 Å². The van der Waals surface area contributed by atoms with Gasteiger partial charge in [0.1, 0.15) is 0 Å². The van der Waals surface area contributed by atoms with Crippen molar-refractivity contribution in [1.29, 1.82) is 0 Å². The van der Waals surface area contributed by atoms with Crippen LogP contribution in [0.1, 0.15) is 23.4 Å². The molecule has 2 aromatic heterocycles. The number of rotatable bonds is 5. The van der Waals surface area contributed by atoms with Crippen molar-refractivity contribution < 1.29 is 9.53 Å². The summed E-state index contributed by atoms with van der Waals surface area (Å²) in [4.78, 5) is 17.1. The highest BCUT2D eigenvalue weighted by molar-refractivity contribution is 7.10. The summed E-state index contributed by atoms with van der Waals surface area (Å²) in [5, 5.41) is 7.68. The van der Waals surface area contributed by atoms with Crippen LogP contribution in [0.4, 0.5) is 4.79 Å². The van der Waals surface area contributed by atoms with Gasteiger partial charge in [0.15, 0.2) is 0 Å². The lowest BCUT2D eigenvalue weighted by atomic mass is 10.2. The van der Waals surface area contributed by atoms with E-state index >= 15 is 0 Å². The summed E-state index contributed by atoms with van der Waals surface area (Å²) in [5.74, 6) is 0.527. The first-order chi connectivity index (χ1) is 9.70. The van der Waals surface area contributed by atoms with Gasteiger partial charge >= 0.3 is 6.03 Å². The van der Waals surface area contributed by atoms with E-state index in [-0.39, 0.29) is 12.1 Å². The van der Waals surface area contributed by atoms with Gasteiger partial charge in [-0.25, -0.2) is 9.78 Å². The van der Waals surface area contributed by atoms with Crippen LogP contribution in [0.25, 0.3) is 0 Å². The van der Waals surface area contributed by atoms with Crippen molar-refractivity contribution in [3.05, 3.63) is 46.3 Å². The molecule has 106 valence electrons. The molecule has 2 amide bonds. The van der Waals surface area contributed by atoms with Gasteiger partial charge in [0, 0.05) is 23.2 Å². The Bertz CT molecular complexity index is 557. The Hall–Kier alpha value is -2.08. The third kappa shape index (κ3) is 3.71. The lowest BCUT2D eigenvalue weighted by Crippen LogP contribution is -2.36. The van der Waals surface area contributed by atoms with Crippen LogP contribution in [0.5, 0.6) is 5.88 Å². The number of urea groups is 1. The Kier molecular flexibility index (Phi) is 4.95. The second-order valence-electron chi connectivity index (χ2n) is 4.24. The van der Waals surface area contributed by atoms with Crippen LogP contribution in [0.15, 0.2) is 35.8 Å². The summed E-state index contributed by atoms with van der Waals surface area (Å²) in [5.41, 5.74) is 0.842. The van der Waals surface area contributed by atoms with E-state index in [1.807, 2.05) is 36.6 Å². The molecule has 0 spiro atoms. The molecular weight excluding hydrogens is 274 g/mol. The lowest BCUT2D eigenvalue weighted by molar-refractivity contribution is 0.237. The summed E-state index contributed by atoms with van der Waals surface area (Å²) in [6.07, 6.45) is 1.65. The third-order valence-electron chi connectivity index (χ3n) is 2.80. The van der Waals surface area contributed by atoms with Gasteiger partial charge in [0.05, 0.1) is 13.2 Å². The van der Waals surface area contributed by atoms with Gasteiger partial charge < -0.3 is 15.4 Å². The maximum absolute atomic E-state index is 11.8. The zero-order valence-electron chi connectivity index (χ0n) is 11.4. The van der Waals surface area contributed by atoms with Crippen molar-refractivity contribution in [2.75, 3.05) is 7.11 Å². The van der Waals surface area contributed by atoms with Crippen molar-refractivity contribution in [3.8, 4) is 5.88 Å². The molecular formula is C14H17N3O2S. The van der Waals surface area contributed by atoms with Crippen LogP contribution in [0, 0.1) is 0 Å². The molecule has 20 heavy (non-hydrogen) atoms. The Morgan fingerprint density at radius 3 is 3.00 bits per heavy atom. The van der Waals surface area contributed by atoms with Gasteiger partial charge in [-0.2, -0.15) is 0 Å². The summed E-state index contributed by atoms with van der Waals surface area (Å²) in [6.45, 7) is 2.33. The summed E-state index contributed by atoms with van der Waals surface area (Å²) < 4.78 is 5.14. The topological polar surface area (TPSA) is 63.2 Å². The van der Waals surface area contributed by atoms with E-state index in [0.717, 1.165) is 10.4 Å². The van der Waals surface area contributed by atoms with E-state index in [9.17, 15) is 4.79 Å². The normalized spacial score (nSPS) is 11.7. The molecule has 6 heteroatoms. The first kappa shape index (κ1) is 14.3. The molecule has 0 fully saturated rings. The van der Waals surface area contributed by atoms with E-state index < -0.39 is 0 Å². The highest BCUT2D eigenvalue weighted by Crippen LogP contribution is 2.18. The number of amides is 2. The Morgan fingerprint density at radius 1 is 1.45 bits per heavy atom. The molecule has 0 aromatic carbocycles. The first-order valence-electron chi connectivity index (χ1n) is 6.26. The maximum atomic E-state index is 11.8. The molecule has 1 unspecified atom stereocenters. The average molecular weight is 291 g/mol. The number of aromatic nitrogens is 1. The number of carbonyl (C=O) groups is 1. The molecule has 2 aromatic rings. The van der Waals surface area contributed by atoms with E-state index in [1.165, 1.54) is 0 Å². The van der Waals surface area contributed by atoms with Crippen LogP contribution in [0.3, 0.4) is 0 Å². The van der Waals surface area contributed by atoms with E-state index in [4.69, 9.17) is 4.74 Å². The summed E-state index contributed by atoms with van der Waals surface area (Å²) >= 11 is 1.62. The average Bonchev–Trinajstić information content (AvgIpc) is 2.99. The molecule has 0 radical (unpaired) electrons. The minimum absolute atomic E-state index is 0.00852. The number of nitrogens with one attached hydrogen (secondary N) is 2. The van der Waals surface area contributed by atoms with Crippen molar-refractivity contribution in [2.45, 2.75) is 19.5 Å². The number of methoxy groups -OCH3 is 1. The quantitative estimate of drug-likeness (QED) is 0.890. The first-order valence-corrected chi connectivity index (χ1v) is 7.14. The van der Waals surface area contributed by atoms with Gasteiger partial charge in [-0.1, -0.05) is 12.1 Å². The minimum atomic E-state index is -0.211. The van der Waals surface area contributed by atoms with Crippen LogP contribution in [-0.2, 0) is 6.54 Å². The van der Waals surface area contributed by atoms with Crippen LogP contribution >= 0.6 is 11.3 Å². The highest BCUT2D eigenvalue weighted by Gasteiger charge is 2.10. The number of carbonyl (C=O) groups excluding carboxylic acids is 1. The zero-order chi connectivity index (χ0) is 14.4. The molecule has 2 N–H and O–H groups in total. The lowest BCUT2D eigenvalue weighted by Gasteiger charge is -2.14. The van der Waals surface area contributed by atoms with Crippen molar-refractivity contribution in [3.63, 3.8) is 0 Å². The smallest absolute Gasteiger partial charge is 0.315 e. The number of nitrogens with zero attached hydrogens (tertiary/aromatic N) is 1. The van der Waals surface area contributed by atoms with Crippen molar-refractivity contribution in [1.82, 2.24) is 15.6 Å². The fraction of sp³-hybridized carbons (Fsp3) is 0.286. The predicted octanol–water partition coefficient (Wildman–Crippen LogP) is 2.71. The molecule has 2 rings (SSSR count). The van der Waals surface area contributed by atoms with Crippen LogP contribution in [0.2, 0.25) is 0 Å². The van der Waals surface area contributed by atoms with Gasteiger partial charge in [0.25, 0.3) is 0 Å². The molecule has 1 atom stereocenters. The minimum Gasteiger partial charge on any atom is -0.481 e. The van der Waals surface area contributed by atoms with E-state index in [2.05, 4.69) is 15.6 Å². The molecule has 0 saturated carbocycles. The molecule has 0 saturated heterocycles. The molecule has 0 aliphatic carbocycles. The third-order valence-corrected chi connectivity index (χ3v) is 3.86. The van der Waals surface area contributed by atoms with Crippen molar-refractivity contribution >= 4 is 17.4 Å². The molecule has 0 bridgehead atoms. The predicted molar refractivity (Wildman–Crippen MR) is 78.9 cm³/mol. The van der Waals surface area contributed by atoms with Gasteiger partial charge in [-0.05, 0) is 24.4 Å². The fourth-order valence-corrected chi connectivity index (χ4v) is 2.51. The highest BCUT2D eigenvalue weighted by atomic mass is 32.1. The number of ether oxygens (including phenoxy) is 1. The van der Waals surface area contributed by atoms with Gasteiger partial charge in [0.2, 0.25) is 5.88 Å². The SMILES string of the molecule is COc1ncccc1CNC(=O)NC(C)c1cccs1. The van der Waals surface area contributed by atoms with Gasteiger partial charge in [-0.15, -0.1) is 11.3 Å². The summed E-state index contributed by atoms with van der Waals surface area (Å²) in [6, 6.07) is 7.43. The largest absolute Gasteiger partial charge is 0.481 e. The number of thiophene rings is 1. The molecule has 0 aliphatic rings. The Labute approximate surface area is 122 Å². The van der Waals surface area contributed by atoms with Crippen molar-refractivity contribution in [2.24, 2.45) is 0 Å². The Morgan fingerprint density at radius 2 is 2.30 bits per heavy atom. The standard InChI is InChI=1S/C14H17N3O2S/c1-10(12-6-4-8-20-12)17-14(18)16-9-11-5-3-7-15-13(11)19-2/h3-8,10H,9H2,1-2H3,(H2,16,17,18). The fourth-order valence-electron chi connectivity index (χ4n) is 1.77. The number of hydrogen-bond acceptors (Lipinski definition) is 4. The number of hydrogen-bond donors (Lipinski definition) is 2. The second-order valence-corrected chi connectivity index (χ2v) is 5.22. The van der Waals surface area contributed by atoms with Crippen LogP contribution in [-0.4, -0.2) is 18.1 Å². The van der Waals surface area contributed by atoms with Gasteiger partial charge in [-0.3, -0.25) is 0 Å².